The van der Waals surface area contributed by atoms with Crippen LogP contribution in [0.4, 0.5) is 0 Å². The van der Waals surface area contributed by atoms with Gasteiger partial charge in [-0.15, -0.1) is 0 Å². The van der Waals surface area contributed by atoms with Crippen LogP contribution in [-0.4, -0.2) is 14.0 Å². The maximum atomic E-state index is 10.1. The topological polar surface area (TPSA) is 17.1 Å². The first-order valence-electron chi connectivity index (χ1n) is 4.42. The monoisotopic (exact) mass is 190 g/mol. The Morgan fingerprint density at radius 3 is 2.46 bits per heavy atom. The molecule has 0 atom stereocenters. The van der Waals surface area contributed by atoms with E-state index in [0.717, 1.165) is 6.04 Å². The Bertz CT molecular complexity index is 310. The van der Waals surface area contributed by atoms with Gasteiger partial charge in [0.15, 0.2) is 0 Å². The van der Waals surface area contributed by atoms with Crippen LogP contribution in [0.1, 0.15) is 0 Å². The highest BCUT2D eigenvalue weighted by molar-refractivity contribution is 6.90. The van der Waals surface area contributed by atoms with E-state index in [1.54, 1.807) is 6.08 Å². The normalized spacial score (nSPS) is 10.6. The van der Waals surface area contributed by atoms with Gasteiger partial charge in [0.1, 0.15) is 5.94 Å². The minimum Gasteiger partial charge on any atom is -0.234 e. The summed E-state index contributed by atoms with van der Waals surface area (Å²) < 4.78 is 0. The maximum Gasteiger partial charge on any atom is 0.119 e. The highest BCUT2D eigenvalue weighted by Gasteiger charge is 2.21. The molecule has 0 amide bonds. The third-order valence-electron chi connectivity index (χ3n) is 2.25. The average molecular weight is 190 g/mol. The van der Waals surface area contributed by atoms with Gasteiger partial charge in [0.2, 0.25) is 0 Å². The molecule has 2 heteroatoms. The molecule has 0 aliphatic heterocycles. The van der Waals surface area contributed by atoms with Gasteiger partial charge in [-0.2, -0.15) is 0 Å². The van der Waals surface area contributed by atoms with Gasteiger partial charge in [-0.25, -0.2) is 4.79 Å². The first-order chi connectivity index (χ1) is 6.17. The summed E-state index contributed by atoms with van der Waals surface area (Å²) in [4.78, 5) is 10.1. The molecule has 0 aliphatic carbocycles. The van der Waals surface area contributed by atoms with Crippen LogP contribution in [0, 0.1) is 0 Å². The second-order valence-electron chi connectivity index (χ2n) is 3.78. The molecule has 0 saturated carbocycles. The van der Waals surface area contributed by atoms with Crippen LogP contribution in [0.3, 0.4) is 0 Å². The quantitative estimate of drug-likeness (QED) is 0.526. The van der Waals surface area contributed by atoms with Gasteiger partial charge in [0, 0.05) is 0 Å². The number of hydrogen-bond donors (Lipinski definition) is 0. The van der Waals surface area contributed by atoms with Crippen LogP contribution in [0.25, 0.3) is 0 Å². The molecule has 1 aromatic rings. The van der Waals surface area contributed by atoms with Crippen LogP contribution in [0.5, 0.6) is 0 Å². The lowest BCUT2D eigenvalue weighted by Gasteiger charge is -2.20. The van der Waals surface area contributed by atoms with E-state index in [1.807, 2.05) is 12.0 Å². The van der Waals surface area contributed by atoms with Crippen LogP contribution in [0.2, 0.25) is 19.1 Å². The molecular weight excluding hydrogens is 176 g/mol. The van der Waals surface area contributed by atoms with E-state index < -0.39 is 8.07 Å². The maximum absolute atomic E-state index is 10.1. The minimum absolute atomic E-state index is 0.876. The standard InChI is InChI=1S/C11H14OSi/c1-13(2,10-6-9-12)11-7-4-3-5-8-11/h3-8H,10H2,1-2H3. The van der Waals surface area contributed by atoms with Gasteiger partial charge in [0.25, 0.3) is 0 Å². The van der Waals surface area contributed by atoms with Crippen molar-refractivity contribution in [3.63, 3.8) is 0 Å². The van der Waals surface area contributed by atoms with Crippen molar-refractivity contribution < 1.29 is 4.79 Å². The Labute approximate surface area is 80.1 Å². The molecule has 0 saturated heterocycles. The first kappa shape index (κ1) is 9.97. The molecule has 1 nitrogen and oxygen atoms in total. The van der Waals surface area contributed by atoms with Gasteiger partial charge in [-0.1, -0.05) is 48.6 Å². The minimum atomic E-state index is -1.42. The second-order valence-corrected chi connectivity index (χ2v) is 8.53. The second kappa shape index (κ2) is 4.22. The van der Waals surface area contributed by atoms with Gasteiger partial charge >= 0.3 is 0 Å². The fraction of sp³-hybridized carbons (Fsp3) is 0.273. The molecule has 68 valence electrons. The third-order valence-corrected chi connectivity index (χ3v) is 5.37. The summed E-state index contributed by atoms with van der Waals surface area (Å²) in [6, 6.07) is 11.3. The highest BCUT2D eigenvalue weighted by Crippen LogP contribution is 2.09. The number of carbonyl (C=O) groups excluding carboxylic acids is 1. The van der Waals surface area contributed by atoms with Crippen LogP contribution >= 0.6 is 0 Å². The number of hydrogen-bond acceptors (Lipinski definition) is 1. The number of benzene rings is 1. The van der Waals surface area contributed by atoms with E-state index in [0.29, 0.717) is 0 Å². The molecule has 1 rings (SSSR count). The summed E-state index contributed by atoms with van der Waals surface area (Å²) in [5, 5.41) is 1.39. The molecule has 0 radical (unpaired) electrons. The largest absolute Gasteiger partial charge is 0.234 e. The predicted molar refractivity (Wildman–Crippen MR) is 58.6 cm³/mol. The fourth-order valence-electron chi connectivity index (χ4n) is 1.30. The lowest BCUT2D eigenvalue weighted by molar-refractivity contribution is 0.568. The Balaban J connectivity index is 2.87. The fourth-order valence-corrected chi connectivity index (χ4v) is 3.23. The molecule has 0 aliphatic rings. The SMILES string of the molecule is C[Si](C)(CC=C=O)c1ccccc1. The van der Waals surface area contributed by atoms with Crippen molar-refractivity contribution in [3.8, 4) is 0 Å². The Morgan fingerprint density at radius 1 is 1.31 bits per heavy atom. The Morgan fingerprint density at radius 2 is 1.92 bits per heavy atom. The molecule has 1 aromatic carbocycles. The zero-order valence-electron chi connectivity index (χ0n) is 8.08. The Kier molecular flexibility index (Phi) is 3.23. The van der Waals surface area contributed by atoms with Crippen LogP contribution in [0.15, 0.2) is 36.4 Å². The van der Waals surface area contributed by atoms with E-state index >= 15 is 0 Å². The Hall–Kier alpha value is -1.11. The average Bonchev–Trinajstić information content (AvgIpc) is 2.16. The van der Waals surface area contributed by atoms with Crippen molar-refractivity contribution in [2.24, 2.45) is 0 Å². The van der Waals surface area contributed by atoms with Crippen molar-refractivity contribution in [2.45, 2.75) is 19.1 Å². The van der Waals surface area contributed by atoms with E-state index in [1.165, 1.54) is 5.19 Å². The summed E-state index contributed by atoms with van der Waals surface area (Å²) in [5.74, 6) is 1.85. The van der Waals surface area contributed by atoms with E-state index in [9.17, 15) is 4.79 Å². The van der Waals surface area contributed by atoms with Crippen LogP contribution in [-0.2, 0) is 4.79 Å². The summed E-state index contributed by atoms with van der Waals surface area (Å²) in [6.07, 6.45) is 1.61. The molecule has 0 N–H and O–H groups in total. The van der Waals surface area contributed by atoms with Crippen molar-refractivity contribution in [1.29, 1.82) is 0 Å². The van der Waals surface area contributed by atoms with Crippen molar-refractivity contribution >= 4 is 19.2 Å². The first-order valence-corrected chi connectivity index (χ1v) is 7.62. The van der Waals surface area contributed by atoms with E-state index in [-0.39, 0.29) is 0 Å². The van der Waals surface area contributed by atoms with Gasteiger partial charge in [0.05, 0.1) is 8.07 Å². The summed E-state index contributed by atoms with van der Waals surface area (Å²) in [6.45, 7) is 4.52. The van der Waals surface area contributed by atoms with Crippen LogP contribution < -0.4 is 5.19 Å². The van der Waals surface area contributed by atoms with Crippen molar-refractivity contribution in [2.75, 3.05) is 0 Å². The lowest BCUT2D eigenvalue weighted by atomic mass is 10.4. The molecule has 0 spiro atoms. The summed E-state index contributed by atoms with van der Waals surface area (Å²) in [5.41, 5.74) is 0. The lowest BCUT2D eigenvalue weighted by Crippen LogP contribution is -2.40. The zero-order valence-corrected chi connectivity index (χ0v) is 9.08. The zero-order chi connectivity index (χ0) is 9.73. The number of allylic oxidation sites excluding steroid dienone is 1. The predicted octanol–water partition coefficient (Wildman–Crippen LogP) is 1.99. The molecular formula is C11H14OSi. The molecule has 0 unspecified atom stereocenters. The van der Waals surface area contributed by atoms with Gasteiger partial charge in [-0.3, -0.25) is 0 Å². The molecule has 0 bridgehead atoms. The molecule has 0 heterocycles. The molecule has 0 fully saturated rings. The van der Waals surface area contributed by atoms with Crippen molar-refractivity contribution in [1.82, 2.24) is 0 Å². The van der Waals surface area contributed by atoms with E-state index in [2.05, 4.69) is 37.4 Å². The molecule has 13 heavy (non-hydrogen) atoms. The van der Waals surface area contributed by atoms with Gasteiger partial charge < -0.3 is 0 Å². The van der Waals surface area contributed by atoms with E-state index in [4.69, 9.17) is 0 Å². The molecule has 0 aromatic heterocycles. The smallest absolute Gasteiger partial charge is 0.119 e. The third kappa shape index (κ3) is 2.69. The summed E-state index contributed by atoms with van der Waals surface area (Å²) >= 11 is 0. The van der Waals surface area contributed by atoms with Crippen molar-refractivity contribution in [3.05, 3.63) is 36.4 Å². The van der Waals surface area contributed by atoms with Gasteiger partial charge in [-0.05, 0) is 12.1 Å². The summed E-state index contributed by atoms with van der Waals surface area (Å²) in [7, 11) is -1.42. The number of rotatable bonds is 3. The highest BCUT2D eigenvalue weighted by atomic mass is 28.3.